The minimum atomic E-state index is -1.62. The number of ether oxygens (including phenoxy) is 2. The van der Waals surface area contributed by atoms with E-state index in [0.717, 1.165) is 79.5 Å². The molecule has 0 spiro atoms. The van der Waals surface area contributed by atoms with Crippen molar-refractivity contribution in [1.82, 2.24) is 14.9 Å². The van der Waals surface area contributed by atoms with Gasteiger partial charge in [-0.1, -0.05) is 23.7 Å². The number of anilines is 2. The van der Waals surface area contributed by atoms with Gasteiger partial charge in [-0.2, -0.15) is 4.98 Å². The van der Waals surface area contributed by atoms with Crippen molar-refractivity contribution in [2.24, 2.45) is 0 Å². The first-order valence-electron chi connectivity index (χ1n) is 14.0. The van der Waals surface area contributed by atoms with Crippen LogP contribution in [0.4, 0.5) is 11.8 Å². The van der Waals surface area contributed by atoms with E-state index >= 15 is 0 Å². The Bertz CT molecular complexity index is 1420. The fourth-order valence-electron chi connectivity index (χ4n) is 5.83. The summed E-state index contributed by atoms with van der Waals surface area (Å²) in [6.45, 7) is 5.09. The van der Waals surface area contributed by atoms with Crippen LogP contribution in [0.3, 0.4) is 0 Å². The number of piperazine rings is 1. The second-order valence-electron chi connectivity index (χ2n) is 11.0. The van der Waals surface area contributed by atoms with Crippen LogP contribution in [0.5, 0.6) is 5.75 Å². The number of aliphatic hydroxyl groups is 1. The van der Waals surface area contributed by atoms with E-state index in [2.05, 4.69) is 31.9 Å². The average Bonchev–Trinajstić information content (AvgIpc) is 2.95. The summed E-state index contributed by atoms with van der Waals surface area (Å²) in [5.41, 5.74) is 9.94. The number of benzene rings is 2. The van der Waals surface area contributed by atoms with E-state index in [-0.39, 0.29) is 24.9 Å². The number of rotatable bonds is 9. The number of halogens is 1. The van der Waals surface area contributed by atoms with Crippen molar-refractivity contribution in [1.29, 1.82) is 0 Å². The summed E-state index contributed by atoms with van der Waals surface area (Å²) in [7, 11) is 0. The highest BCUT2D eigenvalue weighted by Gasteiger charge is 2.49. The largest absolute Gasteiger partial charge is 0.489 e. The monoisotopic (exact) mass is 579 g/mol. The number of nitrogens with zero attached hydrogens (tertiary/aromatic N) is 4. The van der Waals surface area contributed by atoms with Crippen molar-refractivity contribution in [3.8, 4) is 17.0 Å². The quantitative estimate of drug-likeness (QED) is 0.347. The van der Waals surface area contributed by atoms with Gasteiger partial charge >= 0.3 is 5.97 Å². The number of hydrogen-bond donors (Lipinski definition) is 3. The molecule has 2 aliphatic carbocycles. The summed E-state index contributed by atoms with van der Waals surface area (Å²) in [6.07, 6.45) is 1.81. The second-order valence-corrected chi connectivity index (χ2v) is 11.5. The van der Waals surface area contributed by atoms with E-state index in [1.807, 2.05) is 30.3 Å². The summed E-state index contributed by atoms with van der Waals surface area (Å²) in [5, 5.41) is 19.6. The first kappa shape index (κ1) is 27.7. The van der Waals surface area contributed by atoms with Crippen LogP contribution in [-0.2, 0) is 29.0 Å². The molecule has 0 amide bonds. The topological polar surface area (TPSA) is 134 Å². The van der Waals surface area contributed by atoms with Gasteiger partial charge in [0.05, 0.1) is 18.4 Å². The van der Waals surface area contributed by atoms with Crippen LogP contribution in [0.25, 0.3) is 11.3 Å². The normalized spacial score (nSPS) is 22.0. The Morgan fingerprint density at radius 1 is 1.07 bits per heavy atom. The third-order valence-corrected chi connectivity index (χ3v) is 8.51. The van der Waals surface area contributed by atoms with Crippen molar-refractivity contribution in [3.05, 3.63) is 64.2 Å². The summed E-state index contributed by atoms with van der Waals surface area (Å²) < 4.78 is 11.8. The van der Waals surface area contributed by atoms with E-state index in [0.29, 0.717) is 18.2 Å². The summed E-state index contributed by atoms with van der Waals surface area (Å²) in [4.78, 5) is 25.0. The third kappa shape index (κ3) is 5.97. The molecule has 1 aliphatic heterocycles. The highest BCUT2D eigenvalue weighted by Crippen LogP contribution is 2.39. The number of aliphatic carboxylic acids is 1. The van der Waals surface area contributed by atoms with Crippen molar-refractivity contribution in [2.75, 3.05) is 50.0 Å². The number of nitrogen functional groups attached to an aromatic ring is 1. The molecule has 0 atom stereocenters. The van der Waals surface area contributed by atoms with Crippen LogP contribution in [0.15, 0.2) is 42.5 Å². The lowest BCUT2D eigenvalue weighted by molar-refractivity contribution is -0.187. The number of carboxylic acids is 1. The molecule has 2 fully saturated rings. The minimum absolute atomic E-state index is 0.150. The molecule has 10 nitrogen and oxygen atoms in total. The Labute approximate surface area is 243 Å². The van der Waals surface area contributed by atoms with Crippen molar-refractivity contribution >= 4 is 29.3 Å². The highest BCUT2D eigenvalue weighted by atomic mass is 35.5. The molecule has 3 aliphatic rings. The Hall–Kier alpha value is -3.44. The first-order valence-corrected chi connectivity index (χ1v) is 14.4. The van der Waals surface area contributed by atoms with Crippen LogP contribution in [0.1, 0.15) is 29.5 Å². The Balaban J connectivity index is 1.06. The van der Waals surface area contributed by atoms with Gasteiger partial charge < -0.3 is 30.3 Å². The van der Waals surface area contributed by atoms with Crippen LogP contribution >= 0.6 is 11.6 Å². The Kier molecular flexibility index (Phi) is 7.74. The van der Waals surface area contributed by atoms with Gasteiger partial charge in [-0.25, -0.2) is 9.78 Å². The predicted molar refractivity (Wildman–Crippen MR) is 155 cm³/mol. The molecule has 216 valence electrons. The van der Waals surface area contributed by atoms with Crippen LogP contribution in [0, 0.1) is 0 Å². The third-order valence-electron chi connectivity index (χ3n) is 8.26. The molecule has 1 saturated carbocycles. The highest BCUT2D eigenvalue weighted by molar-refractivity contribution is 6.30. The van der Waals surface area contributed by atoms with Gasteiger partial charge in [0.15, 0.2) is 5.60 Å². The molecule has 11 heteroatoms. The van der Waals surface area contributed by atoms with E-state index in [4.69, 9.17) is 31.9 Å². The standard InChI is InChI=1S/C30H34ClN5O5/c31-21-4-1-19(2-5-21)18-41-22-6-8-24-20(15-22)3-7-25-26(24)33-29(32)34-27(25)36-11-9-35(10-12-36)13-14-40-23-16-30(39,17-23)28(37)38/h1-2,4-6,8,15,23,39H,3,7,9-14,16-18H2,(H,37,38)(H2,32,33,34)/t23-,30+. The number of nitrogens with two attached hydrogens (primary N) is 1. The minimum Gasteiger partial charge on any atom is -0.489 e. The zero-order valence-electron chi connectivity index (χ0n) is 22.8. The molecular formula is C30H34ClN5O5. The maximum Gasteiger partial charge on any atom is 0.335 e. The number of carboxylic acid groups (broad SMARTS) is 1. The van der Waals surface area contributed by atoms with Gasteiger partial charge in [0.25, 0.3) is 0 Å². The van der Waals surface area contributed by atoms with Gasteiger partial charge in [0, 0.05) is 61.7 Å². The molecule has 41 heavy (non-hydrogen) atoms. The zero-order valence-corrected chi connectivity index (χ0v) is 23.5. The van der Waals surface area contributed by atoms with Gasteiger partial charge in [0.1, 0.15) is 18.2 Å². The first-order chi connectivity index (χ1) is 19.8. The fraction of sp³-hybridized carbons (Fsp3) is 0.433. The molecule has 4 N–H and O–H groups in total. The molecule has 3 aromatic rings. The Morgan fingerprint density at radius 2 is 1.83 bits per heavy atom. The van der Waals surface area contributed by atoms with Crippen molar-refractivity contribution in [2.45, 2.75) is 44.0 Å². The maximum absolute atomic E-state index is 11.0. The number of aromatic nitrogens is 2. The average molecular weight is 580 g/mol. The molecule has 0 unspecified atom stereocenters. The summed E-state index contributed by atoms with van der Waals surface area (Å²) >= 11 is 5.99. The molecule has 1 aromatic heterocycles. The van der Waals surface area contributed by atoms with E-state index < -0.39 is 11.6 Å². The molecule has 6 rings (SSSR count). The number of fused-ring (bicyclic) bond motifs is 3. The second kappa shape index (κ2) is 11.4. The number of carbonyl (C=O) groups is 1. The van der Waals surface area contributed by atoms with Crippen LogP contribution in [0.2, 0.25) is 5.02 Å². The lowest BCUT2D eigenvalue weighted by atomic mass is 9.77. The maximum atomic E-state index is 11.0. The Morgan fingerprint density at radius 3 is 2.56 bits per heavy atom. The van der Waals surface area contributed by atoms with E-state index in [9.17, 15) is 9.90 Å². The van der Waals surface area contributed by atoms with Gasteiger partial charge in [-0.15, -0.1) is 0 Å². The van der Waals surface area contributed by atoms with E-state index in [1.54, 1.807) is 0 Å². The smallest absolute Gasteiger partial charge is 0.335 e. The van der Waals surface area contributed by atoms with Gasteiger partial charge in [0.2, 0.25) is 5.95 Å². The lowest BCUT2D eigenvalue weighted by Crippen LogP contribution is -2.54. The van der Waals surface area contributed by atoms with E-state index in [1.165, 1.54) is 5.56 Å². The summed E-state index contributed by atoms with van der Waals surface area (Å²) in [6, 6.07) is 13.8. The fourth-order valence-corrected chi connectivity index (χ4v) is 5.95. The molecule has 0 bridgehead atoms. The molecular weight excluding hydrogens is 546 g/mol. The van der Waals surface area contributed by atoms with Crippen LogP contribution < -0.4 is 15.4 Å². The molecule has 1 saturated heterocycles. The van der Waals surface area contributed by atoms with Crippen molar-refractivity contribution in [3.63, 3.8) is 0 Å². The van der Waals surface area contributed by atoms with Crippen LogP contribution in [-0.4, -0.2) is 82.1 Å². The number of aryl methyl sites for hydroxylation is 1. The zero-order chi connectivity index (χ0) is 28.6. The van der Waals surface area contributed by atoms with Gasteiger partial charge in [-0.05, 0) is 54.3 Å². The SMILES string of the molecule is Nc1nc2c(c(N3CCN(CCO[C@H]4C[C@](O)(C(=O)O)C4)CC3)n1)CCc1cc(OCc3ccc(Cl)cc3)ccc1-2. The predicted octanol–water partition coefficient (Wildman–Crippen LogP) is 3.17. The lowest BCUT2D eigenvalue weighted by Gasteiger charge is -2.40. The summed E-state index contributed by atoms with van der Waals surface area (Å²) in [5.74, 6) is 0.833. The number of hydrogen-bond acceptors (Lipinski definition) is 9. The van der Waals surface area contributed by atoms with Gasteiger partial charge in [-0.3, -0.25) is 4.90 Å². The molecule has 2 aromatic carbocycles. The molecule has 0 radical (unpaired) electrons. The molecule has 2 heterocycles. The van der Waals surface area contributed by atoms with Crippen molar-refractivity contribution < 1.29 is 24.5 Å².